The van der Waals surface area contributed by atoms with Crippen molar-refractivity contribution in [3.8, 4) is 5.75 Å². The third kappa shape index (κ3) is 7.89. The minimum atomic E-state index is 0. The van der Waals surface area contributed by atoms with Crippen LogP contribution in [0.1, 0.15) is 52.1 Å². The second kappa shape index (κ2) is 14.1. The van der Waals surface area contributed by atoms with E-state index in [0.717, 1.165) is 57.3 Å². The molecule has 1 heterocycles. The Bertz CT molecular complexity index is 628. The van der Waals surface area contributed by atoms with Crippen LogP contribution in [0.15, 0.2) is 29.3 Å². The van der Waals surface area contributed by atoms with Crippen LogP contribution in [0.5, 0.6) is 5.75 Å². The van der Waals surface area contributed by atoms with Gasteiger partial charge in [0.1, 0.15) is 5.75 Å². The van der Waals surface area contributed by atoms with Gasteiger partial charge in [-0.3, -0.25) is 9.89 Å². The van der Waals surface area contributed by atoms with Crippen molar-refractivity contribution in [2.45, 2.75) is 58.7 Å². The third-order valence-corrected chi connectivity index (χ3v) is 6.02. The van der Waals surface area contributed by atoms with Crippen LogP contribution in [0.25, 0.3) is 0 Å². The van der Waals surface area contributed by atoms with Gasteiger partial charge >= 0.3 is 0 Å². The molecule has 7 heteroatoms. The number of halogens is 1. The molecule has 0 saturated carbocycles. The number of likely N-dealkylation sites (N-methyl/N-ethyl adjacent to an activating group) is 1. The zero-order valence-electron chi connectivity index (χ0n) is 19.6. The van der Waals surface area contributed by atoms with Crippen LogP contribution in [0.3, 0.4) is 0 Å². The molecule has 0 radical (unpaired) electrons. The number of hydrogen-bond donors (Lipinski definition) is 2. The Morgan fingerprint density at radius 1 is 1.23 bits per heavy atom. The maximum atomic E-state index is 5.45. The molecule has 2 rings (SSSR count). The van der Waals surface area contributed by atoms with E-state index in [1.165, 1.54) is 5.56 Å². The Morgan fingerprint density at radius 3 is 2.43 bits per heavy atom. The molecule has 0 aromatic heterocycles. The van der Waals surface area contributed by atoms with Gasteiger partial charge in [0.2, 0.25) is 0 Å². The molecule has 1 aliphatic heterocycles. The number of benzene rings is 1. The molecular weight excluding hydrogens is 489 g/mol. The van der Waals surface area contributed by atoms with E-state index in [1.54, 1.807) is 7.11 Å². The second-order valence-corrected chi connectivity index (χ2v) is 8.02. The Morgan fingerprint density at radius 2 is 1.90 bits per heavy atom. The van der Waals surface area contributed by atoms with Crippen LogP contribution in [0.4, 0.5) is 0 Å². The summed E-state index contributed by atoms with van der Waals surface area (Å²) in [5, 5.41) is 7.22. The van der Waals surface area contributed by atoms with Crippen LogP contribution in [0.2, 0.25) is 0 Å². The molecule has 1 aromatic rings. The zero-order valence-corrected chi connectivity index (χ0v) is 22.0. The number of methoxy groups -OCH3 is 1. The van der Waals surface area contributed by atoms with E-state index in [4.69, 9.17) is 4.74 Å². The highest BCUT2D eigenvalue weighted by atomic mass is 127. The predicted octanol–water partition coefficient (Wildman–Crippen LogP) is 3.73. The molecular formula is C23H42IN5O. The van der Waals surface area contributed by atoms with Crippen molar-refractivity contribution in [1.82, 2.24) is 20.4 Å². The fourth-order valence-corrected chi connectivity index (χ4v) is 4.11. The van der Waals surface area contributed by atoms with Crippen molar-refractivity contribution in [2.24, 2.45) is 4.99 Å². The van der Waals surface area contributed by atoms with Gasteiger partial charge in [-0.1, -0.05) is 26.0 Å². The van der Waals surface area contributed by atoms with Crippen LogP contribution in [-0.4, -0.2) is 74.7 Å². The number of nitrogens with one attached hydrogen (secondary N) is 2. The number of piperidine rings is 1. The summed E-state index contributed by atoms with van der Waals surface area (Å²) in [7, 11) is 3.58. The summed E-state index contributed by atoms with van der Waals surface area (Å²) in [6.07, 6.45) is 2.32. The van der Waals surface area contributed by atoms with Crippen molar-refractivity contribution in [3.63, 3.8) is 0 Å². The first-order chi connectivity index (χ1) is 14.0. The lowest BCUT2D eigenvalue weighted by Crippen LogP contribution is -2.51. The number of ether oxygens (including phenoxy) is 1. The summed E-state index contributed by atoms with van der Waals surface area (Å²) < 4.78 is 5.45. The van der Waals surface area contributed by atoms with Gasteiger partial charge in [-0.05, 0) is 57.5 Å². The zero-order chi connectivity index (χ0) is 21.2. The summed E-state index contributed by atoms with van der Waals surface area (Å²) in [6.45, 7) is 14.1. The first kappa shape index (κ1) is 27.0. The van der Waals surface area contributed by atoms with E-state index in [0.29, 0.717) is 12.1 Å². The van der Waals surface area contributed by atoms with E-state index in [-0.39, 0.29) is 30.0 Å². The van der Waals surface area contributed by atoms with E-state index in [9.17, 15) is 0 Å². The highest BCUT2D eigenvalue weighted by Crippen LogP contribution is 2.24. The minimum Gasteiger partial charge on any atom is -0.497 e. The Balaban J connectivity index is 0.00000450. The first-order valence-corrected chi connectivity index (χ1v) is 11.1. The lowest BCUT2D eigenvalue weighted by Gasteiger charge is -2.36. The highest BCUT2D eigenvalue weighted by Gasteiger charge is 2.23. The van der Waals surface area contributed by atoms with Crippen LogP contribution < -0.4 is 15.4 Å². The molecule has 0 spiro atoms. The molecule has 0 bridgehead atoms. The van der Waals surface area contributed by atoms with E-state index >= 15 is 0 Å². The van der Waals surface area contributed by atoms with Gasteiger partial charge < -0.3 is 20.3 Å². The maximum Gasteiger partial charge on any atom is 0.191 e. The summed E-state index contributed by atoms with van der Waals surface area (Å²) in [5.74, 6) is 1.80. The van der Waals surface area contributed by atoms with Gasteiger partial charge in [0, 0.05) is 38.8 Å². The Kier molecular flexibility index (Phi) is 12.7. The third-order valence-electron chi connectivity index (χ3n) is 6.02. The molecule has 1 unspecified atom stereocenters. The van der Waals surface area contributed by atoms with Crippen molar-refractivity contribution < 1.29 is 4.74 Å². The van der Waals surface area contributed by atoms with E-state index in [2.05, 4.69) is 71.3 Å². The highest BCUT2D eigenvalue weighted by molar-refractivity contribution is 14.0. The first-order valence-electron chi connectivity index (χ1n) is 11.1. The van der Waals surface area contributed by atoms with Crippen molar-refractivity contribution >= 4 is 29.9 Å². The van der Waals surface area contributed by atoms with Crippen LogP contribution >= 0.6 is 24.0 Å². The molecule has 1 fully saturated rings. The number of guanidine groups is 1. The average Bonchev–Trinajstić information content (AvgIpc) is 2.76. The standard InChI is InChI=1S/C23H41N5O.HI/c1-7-27(8-2)22(19-10-9-11-21(16-19)29-6)17-25-23(24-5)26-20-12-14-28(15-13-20)18(3)4;/h9-11,16,18,20,22H,7-8,12-15,17H2,1-6H3,(H2,24,25,26);1H. The maximum absolute atomic E-state index is 5.45. The molecule has 172 valence electrons. The molecule has 2 N–H and O–H groups in total. The van der Waals surface area contributed by atoms with Gasteiger partial charge in [-0.25, -0.2) is 0 Å². The second-order valence-electron chi connectivity index (χ2n) is 8.02. The van der Waals surface area contributed by atoms with Gasteiger partial charge in [0.25, 0.3) is 0 Å². The molecule has 1 aliphatic rings. The fourth-order valence-electron chi connectivity index (χ4n) is 4.11. The summed E-state index contributed by atoms with van der Waals surface area (Å²) in [6, 6.07) is 9.78. The molecule has 1 atom stereocenters. The topological polar surface area (TPSA) is 52.1 Å². The Labute approximate surface area is 200 Å². The fraction of sp³-hybridized carbons (Fsp3) is 0.696. The normalized spacial score (nSPS) is 17.0. The quantitative estimate of drug-likeness (QED) is 0.289. The minimum absolute atomic E-state index is 0. The van der Waals surface area contributed by atoms with Gasteiger partial charge in [0.15, 0.2) is 5.96 Å². The number of hydrogen-bond acceptors (Lipinski definition) is 4. The summed E-state index contributed by atoms with van der Waals surface area (Å²) in [5.41, 5.74) is 1.27. The SMILES string of the molecule is CCN(CC)C(CNC(=NC)NC1CCN(C(C)C)CC1)c1cccc(OC)c1.I. The number of likely N-dealkylation sites (tertiary alicyclic amines) is 1. The van der Waals surface area contributed by atoms with E-state index in [1.807, 2.05) is 13.1 Å². The molecule has 0 aliphatic carbocycles. The molecule has 1 aromatic carbocycles. The lowest BCUT2D eigenvalue weighted by atomic mass is 10.0. The predicted molar refractivity (Wildman–Crippen MR) is 138 cm³/mol. The largest absolute Gasteiger partial charge is 0.497 e. The number of nitrogens with zero attached hydrogens (tertiary/aromatic N) is 3. The summed E-state index contributed by atoms with van der Waals surface area (Å²) in [4.78, 5) is 9.50. The van der Waals surface area contributed by atoms with Crippen molar-refractivity contribution in [3.05, 3.63) is 29.8 Å². The van der Waals surface area contributed by atoms with Crippen LogP contribution in [0, 0.1) is 0 Å². The number of aliphatic imine (C=N–C) groups is 1. The van der Waals surface area contributed by atoms with E-state index < -0.39 is 0 Å². The lowest BCUT2D eigenvalue weighted by molar-refractivity contribution is 0.167. The monoisotopic (exact) mass is 531 g/mol. The smallest absolute Gasteiger partial charge is 0.191 e. The van der Waals surface area contributed by atoms with Crippen LogP contribution in [-0.2, 0) is 0 Å². The molecule has 0 amide bonds. The van der Waals surface area contributed by atoms with Gasteiger partial charge in [0.05, 0.1) is 13.2 Å². The van der Waals surface area contributed by atoms with Gasteiger partial charge in [-0.15, -0.1) is 24.0 Å². The van der Waals surface area contributed by atoms with Crippen molar-refractivity contribution in [1.29, 1.82) is 0 Å². The Hall–Kier alpha value is -1.06. The number of rotatable bonds is 9. The molecule has 6 nitrogen and oxygen atoms in total. The average molecular weight is 532 g/mol. The summed E-state index contributed by atoms with van der Waals surface area (Å²) >= 11 is 0. The molecule has 30 heavy (non-hydrogen) atoms. The van der Waals surface area contributed by atoms with Gasteiger partial charge in [-0.2, -0.15) is 0 Å². The van der Waals surface area contributed by atoms with Crippen molar-refractivity contribution in [2.75, 3.05) is 46.9 Å². The molecule has 1 saturated heterocycles.